The molecule has 2 fully saturated rings. The van der Waals surface area contributed by atoms with Gasteiger partial charge < -0.3 is 24.1 Å². The zero-order valence-electron chi connectivity index (χ0n) is 18.0. The quantitative estimate of drug-likeness (QED) is 0.759. The maximum Gasteiger partial charge on any atom is 0.490 e. The average molecular weight is 456 g/mol. The Labute approximate surface area is 183 Å². The molecule has 32 heavy (non-hydrogen) atoms. The number of rotatable bonds is 4. The number of methoxy groups -OCH3 is 1. The predicted molar refractivity (Wildman–Crippen MR) is 110 cm³/mol. The molecule has 4 rings (SSSR count). The van der Waals surface area contributed by atoms with E-state index >= 15 is 0 Å². The van der Waals surface area contributed by atoms with Crippen LogP contribution in [-0.2, 0) is 9.53 Å². The van der Waals surface area contributed by atoms with Gasteiger partial charge in [0.15, 0.2) is 5.76 Å². The highest BCUT2D eigenvalue weighted by molar-refractivity contribution is 5.96. The van der Waals surface area contributed by atoms with Gasteiger partial charge >= 0.3 is 12.1 Å². The van der Waals surface area contributed by atoms with E-state index in [2.05, 4.69) is 11.8 Å². The minimum absolute atomic E-state index is 0.0131. The van der Waals surface area contributed by atoms with Gasteiger partial charge in [-0.05, 0) is 25.1 Å². The number of carbonyl (C=O) groups excluding carboxylic acids is 1. The second-order valence-corrected chi connectivity index (χ2v) is 8.27. The van der Waals surface area contributed by atoms with Crippen LogP contribution >= 0.6 is 0 Å². The number of benzene rings is 1. The van der Waals surface area contributed by atoms with Crippen LogP contribution in [0.5, 0.6) is 0 Å². The van der Waals surface area contributed by atoms with Crippen LogP contribution in [0.1, 0.15) is 23.9 Å². The number of para-hydroxylation sites is 1. The number of halogens is 3. The highest BCUT2D eigenvalue weighted by Crippen LogP contribution is 2.44. The van der Waals surface area contributed by atoms with Crippen molar-refractivity contribution >= 4 is 22.8 Å². The summed E-state index contributed by atoms with van der Waals surface area (Å²) in [5.74, 6) is -1.80. The van der Waals surface area contributed by atoms with Gasteiger partial charge in [-0.25, -0.2) is 4.79 Å². The van der Waals surface area contributed by atoms with Crippen molar-refractivity contribution in [2.75, 3.05) is 46.4 Å². The molecule has 2 aliphatic heterocycles. The van der Waals surface area contributed by atoms with Crippen LogP contribution in [-0.4, -0.2) is 79.4 Å². The Morgan fingerprint density at radius 1 is 1.28 bits per heavy atom. The molecule has 7 nitrogen and oxygen atoms in total. The molecule has 1 N–H and O–H groups in total. The van der Waals surface area contributed by atoms with Crippen LogP contribution in [0.3, 0.4) is 0 Å². The van der Waals surface area contributed by atoms with Crippen LogP contribution in [0.15, 0.2) is 34.7 Å². The Balaban J connectivity index is 0.000000360. The first-order chi connectivity index (χ1) is 15.1. The molecule has 0 aliphatic carbocycles. The van der Waals surface area contributed by atoms with E-state index in [9.17, 15) is 18.0 Å². The lowest BCUT2D eigenvalue weighted by molar-refractivity contribution is -0.192. The van der Waals surface area contributed by atoms with Crippen LogP contribution in [0.2, 0.25) is 0 Å². The van der Waals surface area contributed by atoms with Crippen LogP contribution in [0.4, 0.5) is 13.2 Å². The Morgan fingerprint density at radius 2 is 1.97 bits per heavy atom. The van der Waals surface area contributed by atoms with Crippen molar-refractivity contribution in [3.05, 3.63) is 36.1 Å². The number of amides is 1. The summed E-state index contributed by atoms with van der Waals surface area (Å²) in [6.07, 6.45) is -4.04. The van der Waals surface area contributed by atoms with Gasteiger partial charge in [0.2, 0.25) is 0 Å². The third-order valence-electron chi connectivity index (χ3n) is 6.25. The van der Waals surface area contributed by atoms with Crippen molar-refractivity contribution in [3.8, 4) is 0 Å². The molecule has 1 spiro atoms. The maximum absolute atomic E-state index is 13.0. The van der Waals surface area contributed by atoms with Gasteiger partial charge in [-0.2, -0.15) is 13.2 Å². The summed E-state index contributed by atoms with van der Waals surface area (Å²) in [7, 11) is 1.77. The molecule has 1 amide bonds. The van der Waals surface area contributed by atoms with E-state index in [4.69, 9.17) is 19.1 Å². The second kappa shape index (κ2) is 9.50. The number of carboxylic acid groups (broad SMARTS) is 1. The molecule has 0 saturated carbocycles. The number of hydrogen-bond acceptors (Lipinski definition) is 5. The highest BCUT2D eigenvalue weighted by Gasteiger charge is 2.51. The highest BCUT2D eigenvalue weighted by atomic mass is 19.4. The van der Waals surface area contributed by atoms with Gasteiger partial charge in [-0.3, -0.25) is 4.79 Å². The van der Waals surface area contributed by atoms with Gasteiger partial charge in [0.05, 0.1) is 6.61 Å². The average Bonchev–Trinajstić information content (AvgIpc) is 3.45. The number of ether oxygens (including phenoxy) is 1. The predicted octanol–water partition coefficient (Wildman–Crippen LogP) is 3.50. The number of carbonyl (C=O) groups is 2. The Kier molecular flexibility index (Phi) is 7.14. The normalized spacial score (nSPS) is 23.5. The minimum Gasteiger partial charge on any atom is -0.475 e. The SMILES string of the molecule is CCN1C[C@H](COC)[C@]2(CCN(C(=O)c3cc4ccccc4o3)C2)C1.O=C(O)C(F)(F)F. The molecular formula is C22H27F3N2O5. The van der Waals surface area contributed by atoms with Gasteiger partial charge in [0, 0.05) is 50.0 Å². The first kappa shape index (κ1) is 24.1. The zero-order valence-corrected chi connectivity index (χ0v) is 18.0. The topological polar surface area (TPSA) is 83.2 Å². The molecule has 2 aliphatic rings. The fourth-order valence-corrected chi connectivity index (χ4v) is 4.59. The minimum atomic E-state index is -5.08. The van der Waals surface area contributed by atoms with Crippen LogP contribution < -0.4 is 0 Å². The number of carboxylic acids is 1. The molecule has 1 aromatic carbocycles. The fourth-order valence-electron chi connectivity index (χ4n) is 4.59. The summed E-state index contributed by atoms with van der Waals surface area (Å²) in [5.41, 5.74) is 0.934. The Hall–Kier alpha value is -2.59. The maximum atomic E-state index is 13.0. The van der Waals surface area contributed by atoms with E-state index in [1.165, 1.54) is 0 Å². The van der Waals surface area contributed by atoms with E-state index in [0.717, 1.165) is 56.7 Å². The van der Waals surface area contributed by atoms with Crippen LogP contribution in [0.25, 0.3) is 11.0 Å². The fraction of sp³-hybridized carbons (Fsp3) is 0.545. The van der Waals surface area contributed by atoms with E-state index in [0.29, 0.717) is 11.7 Å². The molecule has 0 bridgehead atoms. The van der Waals surface area contributed by atoms with Gasteiger partial charge in [0.1, 0.15) is 5.58 Å². The van der Waals surface area contributed by atoms with E-state index < -0.39 is 12.1 Å². The molecule has 2 atom stereocenters. The summed E-state index contributed by atoms with van der Waals surface area (Å²) >= 11 is 0. The molecule has 0 unspecified atom stereocenters. The zero-order chi connectivity index (χ0) is 23.5. The molecule has 2 aromatic rings. The summed E-state index contributed by atoms with van der Waals surface area (Å²) in [5, 5.41) is 8.11. The number of fused-ring (bicyclic) bond motifs is 1. The van der Waals surface area contributed by atoms with Crippen molar-refractivity contribution in [2.45, 2.75) is 19.5 Å². The first-order valence-electron chi connectivity index (χ1n) is 10.4. The summed E-state index contributed by atoms with van der Waals surface area (Å²) in [6.45, 7) is 7.75. The van der Waals surface area contributed by atoms with E-state index in [-0.39, 0.29) is 11.3 Å². The molecule has 10 heteroatoms. The summed E-state index contributed by atoms with van der Waals surface area (Å²) in [4.78, 5) is 26.3. The van der Waals surface area contributed by atoms with Gasteiger partial charge in [-0.1, -0.05) is 25.1 Å². The third-order valence-corrected chi connectivity index (χ3v) is 6.25. The van der Waals surface area contributed by atoms with Crippen molar-refractivity contribution in [1.29, 1.82) is 0 Å². The Morgan fingerprint density at radius 3 is 2.56 bits per heavy atom. The lowest BCUT2D eigenvalue weighted by Crippen LogP contribution is -2.38. The standard InChI is InChI=1S/C20H26N2O3.C2HF3O2/c1-3-21-11-16(12-24-2)20(13-21)8-9-22(14-20)19(23)18-10-15-6-4-5-7-17(15)25-18;3-2(4,5)1(6)7/h4-7,10,16H,3,8-9,11-14H2,1-2H3;(H,6,7)/t16-,20-;/m1./s1. The third kappa shape index (κ3) is 5.07. The van der Waals surface area contributed by atoms with Crippen molar-refractivity contribution < 1.29 is 37.0 Å². The molecule has 0 radical (unpaired) electrons. The number of hydrogen-bond donors (Lipinski definition) is 1. The van der Waals surface area contributed by atoms with Gasteiger partial charge in [0.25, 0.3) is 5.91 Å². The summed E-state index contributed by atoms with van der Waals surface area (Å²) < 4.78 is 43.0. The van der Waals surface area contributed by atoms with Crippen molar-refractivity contribution in [1.82, 2.24) is 9.80 Å². The summed E-state index contributed by atoms with van der Waals surface area (Å²) in [6, 6.07) is 9.64. The second-order valence-electron chi connectivity index (χ2n) is 8.27. The van der Waals surface area contributed by atoms with Crippen molar-refractivity contribution in [3.63, 3.8) is 0 Å². The molecular weight excluding hydrogens is 429 g/mol. The number of nitrogens with zero attached hydrogens (tertiary/aromatic N) is 2. The first-order valence-corrected chi connectivity index (χ1v) is 10.4. The molecule has 1 aromatic heterocycles. The Bertz CT molecular complexity index is 927. The lowest BCUT2D eigenvalue weighted by Gasteiger charge is -2.30. The molecule has 2 saturated heterocycles. The van der Waals surface area contributed by atoms with Gasteiger partial charge in [-0.15, -0.1) is 0 Å². The van der Waals surface area contributed by atoms with E-state index in [1.807, 2.05) is 35.2 Å². The number of furan rings is 1. The lowest BCUT2D eigenvalue weighted by atomic mass is 9.77. The van der Waals surface area contributed by atoms with Crippen molar-refractivity contribution in [2.24, 2.45) is 11.3 Å². The number of alkyl halides is 3. The largest absolute Gasteiger partial charge is 0.490 e. The number of aliphatic carboxylic acids is 1. The van der Waals surface area contributed by atoms with Crippen LogP contribution in [0, 0.1) is 11.3 Å². The smallest absolute Gasteiger partial charge is 0.475 e. The number of likely N-dealkylation sites (tertiary alicyclic amines) is 2. The molecule has 3 heterocycles. The monoisotopic (exact) mass is 456 g/mol. The van der Waals surface area contributed by atoms with E-state index in [1.54, 1.807) is 7.11 Å². The molecule has 176 valence electrons.